The normalized spacial score (nSPS) is 20.9. The van der Waals surface area contributed by atoms with Crippen molar-refractivity contribution >= 4 is 56.4 Å². The minimum atomic E-state index is -4.12. The second kappa shape index (κ2) is 11.0. The summed E-state index contributed by atoms with van der Waals surface area (Å²) in [5.74, 6) is -0.652. The average molecular weight is 574 g/mol. The molecule has 15 heteroatoms. The molecule has 4 rings (SSSR count). The smallest absolute Gasteiger partial charge is 0.333 e. The molecule has 5 N–H and O–H groups in total. The fourth-order valence-electron chi connectivity index (χ4n) is 3.94. The first-order valence-corrected chi connectivity index (χ1v) is 13.6. The molecule has 0 aliphatic heterocycles. The van der Waals surface area contributed by atoms with E-state index in [0.717, 1.165) is 11.3 Å². The second-order valence-corrected chi connectivity index (χ2v) is 11.4. The molecule has 11 nitrogen and oxygen atoms in total. The third-order valence-corrected chi connectivity index (χ3v) is 7.71. The third-order valence-electron chi connectivity index (χ3n) is 5.65. The van der Waals surface area contributed by atoms with Gasteiger partial charge >= 0.3 is 10.3 Å². The monoisotopic (exact) mass is 573 g/mol. The summed E-state index contributed by atoms with van der Waals surface area (Å²) in [6.45, 7) is -0.256. The molecule has 0 spiro atoms. The number of hydrogen-bond donors (Lipinski definition) is 4. The second-order valence-electron chi connectivity index (χ2n) is 8.16. The summed E-state index contributed by atoms with van der Waals surface area (Å²) in [5.41, 5.74) is 0.756. The highest BCUT2D eigenvalue weighted by Crippen LogP contribution is 2.37. The van der Waals surface area contributed by atoms with E-state index in [1.807, 2.05) is 0 Å². The van der Waals surface area contributed by atoms with Gasteiger partial charge in [-0.2, -0.15) is 8.42 Å². The molecule has 36 heavy (non-hydrogen) atoms. The number of carbonyl (C=O) groups is 1. The Balaban J connectivity index is 1.51. The summed E-state index contributed by atoms with van der Waals surface area (Å²) < 4.78 is 26.9. The van der Waals surface area contributed by atoms with Crippen LogP contribution < -0.4 is 10.5 Å². The highest BCUT2D eigenvalue weighted by molar-refractivity contribution is 7.84. The zero-order valence-corrected chi connectivity index (χ0v) is 21.6. The molecule has 3 aromatic heterocycles. The number of aliphatic hydroxyl groups is 2. The van der Waals surface area contributed by atoms with Crippen molar-refractivity contribution in [3.8, 4) is 0 Å². The fourth-order valence-corrected chi connectivity index (χ4v) is 5.75. The van der Waals surface area contributed by atoms with Gasteiger partial charge in [0, 0.05) is 23.7 Å². The number of carbonyl (C=O) groups excluding carboxylic acids is 1. The van der Waals surface area contributed by atoms with Gasteiger partial charge in [-0.3, -0.25) is 8.98 Å². The zero-order valence-electron chi connectivity index (χ0n) is 18.4. The lowest BCUT2D eigenvalue weighted by Gasteiger charge is -2.15. The van der Waals surface area contributed by atoms with Gasteiger partial charge in [0.25, 0.3) is 0 Å². The quantitative estimate of drug-likeness (QED) is 0.219. The van der Waals surface area contributed by atoms with Crippen molar-refractivity contribution < 1.29 is 27.6 Å². The van der Waals surface area contributed by atoms with E-state index in [0.29, 0.717) is 12.0 Å². The Morgan fingerprint density at radius 1 is 1.33 bits per heavy atom. The molecule has 1 saturated carbocycles. The lowest BCUT2D eigenvalue weighted by atomic mass is 10.1. The zero-order chi connectivity index (χ0) is 26.0. The molecular weight excluding hydrogens is 553 g/mol. The van der Waals surface area contributed by atoms with Gasteiger partial charge in [-0.25, -0.2) is 20.1 Å². The molecule has 0 unspecified atom stereocenters. The maximum atomic E-state index is 13.3. The lowest BCUT2D eigenvalue weighted by molar-refractivity contribution is 0.101. The number of halogens is 2. The van der Waals surface area contributed by atoms with Crippen LogP contribution in [-0.4, -0.2) is 58.1 Å². The Labute approximate surface area is 220 Å². The van der Waals surface area contributed by atoms with Gasteiger partial charge in [0.2, 0.25) is 5.78 Å². The Kier molecular flexibility index (Phi) is 8.22. The van der Waals surface area contributed by atoms with Crippen LogP contribution in [0, 0.1) is 5.92 Å². The summed E-state index contributed by atoms with van der Waals surface area (Å²) in [7, 11) is -4.12. The molecule has 1 fully saturated rings. The van der Waals surface area contributed by atoms with Crippen LogP contribution in [0.25, 0.3) is 0 Å². The molecule has 0 saturated heterocycles. The van der Waals surface area contributed by atoms with E-state index in [1.54, 1.807) is 18.2 Å². The van der Waals surface area contributed by atoms with E-state index in [9.17, 15) is 23.4 Å². The van der Waals surface area contributed by atoms with Crippen LogP contribution in [0.2, 0.25) is 9.49 Å². The molecular formula is C21H21Cl2N5O6S2. The molecule has 192 valence electrons. The highest BCUT2D eigenvalue weighted by Gasteiger charge is 2.35. The topological polar surface area (TPSA) is 178 Å². The number of nitrogens with one attached hydrogen (secondary N) is 1. The molecule has 0 amide bonds. The number of nitrogens with two attached hydrogens (primary N) is 1. The largest absolute Gasteiger partial charge is 0.393 e. The van der Waals surface area contributed by atoms with Gasteiger partial charge < -0.3 is 15.5 Å². The maximum Gasteiger partial charge on any atom is 0.333 e. The number of nitrogens with zero attached hydrogens (tertiary/aromatic N) is 3. The van der Waals surface area contributed by atoms with E-state index in [1.165, 1.54) is 18.6 Å². The first-order valence-electron chi connectivity index (χ1n) is 10.6. The van der Waals surface area contributed by atoms with Crippen molar-refractivity contribution in [3.63, 3.8) is 0 Å². The lowest BCUT2D eigenvalue weighted by Crippen LogP contribution is -2.24. The van der Waals surface area contributed by atoms with Gasteiger partial charge in [-0.1, -0.05) is 29.3 Å². The fraction of sp³-hybridized carbons (Fsp3) is 0.333. The van der Waals surface area contributed by atoms with Gasteiger partial charge in [-0.05, 0) is 31.0 Å². The number of rotatable bonds is 9. The molecule has 3 heterocycles. The Morgan fingerprint density at radius 3 is 2.83 bits per heavy atom. The van der Waals surface area contributed by atoms with E-state index < -0.39 is 34.2 Å². The first kappa shape index (κ1) is 26.8. The van der Waals surface area contributed by atoms with E-state index in [4.69, 9.17) is 28.3 Å². The van der Waals surface area contributed by atoms with Gasteiger partial charge in [0.15, 0.2) is 0 Å². The number of aliphatic hydroxyl groups excluding tert-OH is 2. The predicted octanol–water partition coefficient (Wildman–Crippen LogP) is 2.32. The average Bonchev–Trinajstić information content (AvgIpc) is 3.38. The number of aromatic nitrogens is 3. The minimum Gasteiger partial charge on any atom is -0.393 e. The van der Waals surface area contributed by atoms with Crippen molar-refractivity contribution in [1.29, 1.82) is 0 Å². The van der Waals surface area contributed by atoms with E-state index in [2.05, 4.69) is 24.5 Å². The molecule has 0 bridgehead atoms. The van der Waals surface area contributed by atoms with Crippen LogP contribution in [0.4, 0.5) is 5.82 Å². The third kappa shape index (κ3) is 6.36. The summed E-state index contributed by atoms with van der Waals surface area (Å²) in [6, 6.07) is 5.99. The number of thiophene rings is 1. The predicted molar refractivity (Wildman–Crippen MR) is 133 cm³/mol. The first-order chi connectivity index (χ1) is 17.0. The number of anilines is 1. The summed E-state index contributed by atoms with van der Waals surface area (Å²) in [6.07, 6.45) is 1.26. The molecule has 1 aliphatic carbocycles. The number of ketones is 1. The molecule has 1 aliphatic rings. The van der Waals surface area contributed by atoms with E-state index in [-0.39, 0.29) is 50.5 Å². The highest BCUT2D eigenvalue weighted by atomic mass is 35.5. The summed E-state index contributed by atoms with van der Waals surface area (Å²) >= 11 is 13.2. The molecule has 0 radical (unpaired) electrons. The van der Waals surface area contributed by atoms with Crippen LogP contribution in [0.3, 0.4) is 0 Å². The van der Waals surface area contributed by atoms with Crippen LogP contribution in [0.1, 0.15) is 45.4 Å². The summed E-state index contributed by atoms with van der Waals surface area (Å²) in [4.78, 5) is 25.8. The molecule has 4 atom stereocenters. The van der Waals surface area contributed by atoms with Crippen molar-refractivity contribution in [3.05, 3.63) is 68.0 Å². The molecule has 0 aromatic carbocycles. The van der Waals surface area contributed by atoms with Crippen molar-refractivity contribution in [1.82, 2.24) is 15.0 Å². The standard InChI is InChI=1S/C21H21Cl2N5O6S2/c22-17-3-1-2-14(28-17)18(30)12-6-16(35-20(12)23)19(31)13-7-25-9-26-21(13)27-11-4-10(15(29)5-11)8-34-36(24,32)33/h1-3,6-7,9-11,15,18,29-30H,4-5,8H2,(H2,24,32,33)(H,25,26,27)/t10-,11-,15+,18+/m1/s1. The Hall–Kier alpha value is -2.23. The maximum absolute atomic E-state index is 13.3. The van der Waals surface area contributed by atoms with Gasteiger partial charge in [0.1, 0.15) is 23.4 Å². The number of hydrogen-bond acceptors (Lipinski definition) is 11. The van der Waals surface area contributed by atoms with Crippen LogP contribution in [0.5, 0.6) is 0 Å². The van der Waals surface area contributed by atoms with Crippen molar-refractivity contribution in [2.75, 3.05) is 11.9 Å². The summed E-state index contributed by atoms with van der Waals surface area (Å²) in [5, 5.41) is 29.2. The van der Waals surface area contributed by atoms with Crippen LogP contribution in [-0.2, 0) is 14.5 Å². The van der Waals surface area contributed by atoms with Gasteiger partial charge in [-0.15, -0.1) is 11.3 Å². The molecule has 3 aromatic rings. The van der Waals surface area contributed by atoms with Crippen molar-refractivity contribution in [2.45, 2.75) is 31.1 Å². The van der Waals surface area contributed by atoms with Gasteiger partial charge in [0.05, 0.1) is 33.2 Å². The number of pyridine rings is 1. The van der Waals surface area contributed by atoms with E-state index >= 15 is 0 Å². The Bertz CT molecular complexity index is 1370. The minimum absolute atomic E-state index is 0.163. The Morgan fingerprint density at radius 2 is 2.11 bits per heavy atom. The van der Waals surface area contributed by atoms with Crippen LogP contribution in [0.15, 0.2) is 36.8 Å². The van der Waals surface area contributed by atoms with Crippen molar-refractivity contribution in [2.24, 2.45) is 11.1 Å². The van der Waals surface area contributed by atoms with Crippen LogP contribution >= 0.6 is 34.5 Å². The SMILES string of the molecule is NS(=O)(=O)OC[C@H]1C[C@@H](Nc2ncncc2C(=O)c2cc([C@H](O)c3cccc(Cl)n3)c(Cl)s2)C[C@@H]1O.